The highest BCUT2D eigenvalue weighted by Crippen LogP contribution is 2.36. The third-order valence-corrected chi connectivity index (χ3v) is 8.21. The fraction of sp³-hybridized carbons (Fsp3) is 0.310. The summed E-state index contributed by atoms with van der Waals surface area (Å²) >= 11 is 0. The zero-order valence-electron chi connectivity index (χ0n) is 27.7. The lowest BCUT2D eigenvalue weighted by Crippen LogP contribution is -2.03. The molecule has 0 atom stereocenters. The highest BCUT2D eigenvalue weighted by atomic mass is 16.5. The molecule has 0 amide bonds. The molecule has 0 bridgehead atoms. The van der Waals surface area contributed by atoms with E-state index in [1.54, 1.807) is 37.4 Å². The SMILES string of the molecule is COc1cc(-c2oc3ccc(C#CCCCCCCCCCCOCc4ccccc4)cc3c(=O)c2O)ccc1OCc1ccccc1. The molecule has 5 rings (SSSR count). The van der Waals surface area contributed by atoms with Crippen LogP contribution in [0.1, 0.15) is 74.5 Å². The Bertz CT molecular complexity index is 1850. The zero-order valence-corrected chi connectivity index (χ0v) is 27.7. The average Bonchev–Trinajstić information content (AvgIpc) is 3.13. The number of benzene rings is 4. The first-order valence-electron chi connectivity index (χ1n) is 16.9. The van der Waals surface area contributed by atoms with Gasteiger partial charge in [-0.1, -0.05) is 111 Å². The number of hydrogen-bond acceptors (Lipinski definition) is 6. The summed E-state index contributed by atoms with van der Waals surface area (Å²) in [4.78, 5) is 13.2. The maximum Gasteiger partial charge on any atom is 0.235 e. The molecular weight excluding hydrogens is 600 g/mol. The summed E-state index contributed by atoms with van der Waals surface area (Å²) < 4.78 is 23.3. The first-order chi connectivity index (χ1) is 23.6. The monoisotopic (exact) mass is 644 g/mol. The number of methoxy groups -OCH3 is 1. The molecule has 0 radical (unpaired) electrons. The Morgan fingerprint density at radius 1 is 0.708 bits per heavy atom. The van der Waals surface area contributed by atoms with Crippen molar-refractivity contribution in [1.29, 1.82) is 0 Å². The number of fused-ring (bicyclic) bond motifs is 1. The van der Waals surface area contributed by atoms with Crippen molar-refractivity contribution in [3.05, 3.63) is 124 Å². The van der Waals surface area contributed by atoms with Crippen LogP contribution in [-0.4, -0.2) is 18.8 Å². The van der Waals surface area contributed by atoms with Crippen LogP contribution in [0.5, 0.6) is 17.2 Å². The molecule has 0 aliphatic carbocycles. The summed E-state index contributed by atoms with van der Waals surface area (Å²) in [6, 6.07) is 30.6. The second-order valence-electron chi connectivity index (χ2n) is 11.9. The molecule has 1 heterocycles. The summed E-state index contributed by atoms with van der Waals surface area (Å²) in [6.07, 6.45) is 10.4. The normalized spacial score (nSPS) is 10.9. The van der Waals surface area contributed by atoms with Gasteiger partial charge in [0.1, 0.15) is 12.2 Å². The van der Waals surface area contributed by atoms with Gasteiger partial charge < -0.3 is 23.7 Å². The van der Waals surface area contributed by atoms with Crippen molar-refractivity contribution in [3.63, 3.8) is 0 Å². The Labute approximate surface area is 283 Å². The van der Waals surface area contributed by atoms with Gasteiger partial charge in [0.15, 0.2) is 17.3 Å². The van der Waals surface area contributed by atoms with Gasteiger partial charge in [0.25, 0.3) is 0 Å². The molecule has 48 heavy (non-hydrogen) atoms. The first-order valence-corrected chi connectivity index (χ1v) is 16.9. The van der Waals surface area contributed by atoms with Gasteiger partial charge in [-0.05, 0) is 60.4 Å². The molecule has 0 saturated carbocycles. The predicted octanol–water partition coefficient (Wildman–Crippen LogP) is 9.83. The van der Waals surface area contributed by atoms with E-state index in [2.05, 4.69) is 24.0 Å². The van der Waals surface area contributed by atoms with E-state index < -0.39 is 11.2 Å². The second kappa shape index (κ2) is 18.4. The molecular formula is C42H44O6. The van der Waals surface area contributed by atoms with Gasteiger partial charge >= 0.3 is 0 Å². The lowest BCUT2D eigenvalue weighted by atomic mass is 10.1. The summed E-state index contributed by atoms with van der Waals surface area (Å²) in [5.74, 6) is 7.03. The molecule has 0 fully saturated rings. The van der Waals surface area contributed by atoms with Crippen LogP contribution in [0.25, 0.3) is 22.3 Å². The van der Waals surface area contributed by atoms with Crippen LogP contribution in [0.4, 0.5) is 0 Å². The smallest absolute Gasteiger partial charge is 0.235 e. The van der Waals surface area contributed by atoms with Gasteiger partial charge in [-0.15, -0.1) is 0 Å². The molecule has 0 aliphatic heterocycles. The fourth-order valence-corrected chi connectivity index (χ4v) is 5.53. The summed E-state index contributed by atoms with van der Waals surface area (Å²) in [5.41, 5.74) is 3.35. The first kappa shape index (κ1) is 34.3. The van der Waals surface area contributed by atoms with Crippen molar-refractivity contribution >= 4 is 11.0 Å². The van der Waals surface area contributed by atoms with Gasteiger partial charge in [0, 0.05) is 24.2 Å². The van der Waals surface area contributed by atoms with Crippen molar-refractivity contribution in [3.8, 4) is 40.4 Å². The van der Waals surface area contributed by atoms with Crippen molar-refractivity contribution < 1.29 is 23.7 Å². The molecule has 0 aliphatic rings. The van der Waals surface area contributed by atoms with Gasteiger partial charge in [0.05, 0.1) is 19.1 Å². The molecule has 0 spiro atoms. The summed E-state index contributed by atoms with van der Waals surface area (Å²) in [7, 11) is 1.54. The van der Waals surface area contributed by atoms with E-state index in [1.165, 1.54) is 37.7 Å². The Kier molecular flexibility index (Phi) is 13.1. The zero-order chi connectivity index (χ0) is 33.4. The van der Waals surface area contributed by atoms with Gasteiger partial charge in [-0.3, -0.25) is 4.79 Å². The number of aromatic hydroxyl groups is 1. The van der Waals surface area contributed by atoms with Crippen LogP contribution in [0.2, 0.25) is 0 Å². The van der Waals surface area contributed by atoms with Crippen LogP contribution in [0, 0.1) is 11.8 Å². The topological polar surface area (TPSA) is 78.1 Å². The molecule has 0 unspecified atom stereocenters. The third kappa shape index (κ3) is 10.0. The summed E-state index contributed by atoms with van der Waals surface area (Å²) in [6.45, 7) is 1.91. The van der Waals surface area contributed by atoms with Crippen molar-refractivity contribution in [2.45, 2.75) is 71.0 Å². The summed E-state index contributed by atoms with van der Waals surface area (Å²) in [5, 5.41) is 11.1. The maximum atomic E-state index is 13.2. The Morgan fingerprint density at radius 3 is 2.08 bits per heavy atom. The molecule has 5 aromatic rings. The molecule has 4 aromatic carbocycles. The fourth-order valence-electron chi connectivity index (χ4n) is 5.53. The van der Waals surface area contributed by atoms with Gasteiger partial charge in [-0.25, -0.2) is 0 Å². The number of rotatable bonds is 17. The van der Waals surface area contributed by atoms with E-state index in [0.717, 1.165) is 43.4 Å². The van der Waals surface area contributed by atoms with E-state index in [-0.39, 0.29) is 5.76 Å². The highest BCUT2D eigenvalue weighted by Gasteiger charge is 2.18. The largest absolute Gasteiger partial charge is 0.502 e. The Morgan fingerprint density at radius 2 is 1.38 bits per heavy atom. The number of unbranched alkanes of at least 4 members (excludes halogenated alkanes) is 8. The maximum absolute atomic E-state index is 13.2. The number of hydrogen-bond donors (Lipinski definition) is 1. The molecule has 248 valence electrons. The van der Waals surface area contributed by atoms with Crippen molar-refractivity contribution in [2.75, 3.05) is 13.7 Å². The van der Waals surface area contributed by atoms with E-state index in [1.807, 2.05) is 54.6 Å². The molecule has 6 nitrogen and oxygen atoms in total. The van der Waals surface area contributed by atoms with Crippen molar-refractivity contribution in [2.24, 2.45) is 0 Å². The lowest BCUT2D eigenvalue weighted by molar-refractivity contribution is 0.116. The molecule has 6 heteroatoms. The standard InChI is InChI=1S/C42H44O6/c1-45-39-29-35(24-26-38(39)47-31-34-21-15-11-16-22-34)42-41(44)40(43)36-28-32(23-25-37(36)48-42)18-12-8-6-4-2-3-5-7-9-17-27-46-30-33-19-13-10-14-20-33/h10-11,13-16,19-26,28-29,44H,2-9,17,27,30-31H2,1H3. The van der Waals surface area contributed by atoms with E-state index in [4.69, 9.17) is 18.6 Å². The van der Waals surface area contributed by atoms with E-state index in [9.17, 15) is 9.90 Å². The quantitative estimate of drug-likeness (QED) is 0.0802. The Balaban J connectivity index is 1.05. The van der Waals surface area contributed by atoms with E-state index in [0.29, 0.717) is 41.2 Å². The van der Waals surface area contributed by atoms with Crippen LogP contribution >= 0.6 is 0 Å². The van der Waals surface area contributed by atoms with Crippen LogP contribution in [-0.2, 0) is 18.0 Å². The average molecular weight is 645 g/mol. The molecule has 0 saturated heterocycles. The predicted molar refractivity (Wildman–Crippen MR) is 191 cm³/mol. The molecule has 1 N–H and O–H groups in total. The minimum Gasteiger partial charge on any atom is -0.502 e. The third-order valence-electron chi connectivity index (χ3n) is 8.21. The van der Waals surface area contributed by atoms with Crippen LogP contribution in [0.15, 0.2) is 106 Å². The minimum absolute atomic E-state index is 0.0760. The van der Waals surface area contributed by atoms with Gasteiger partial charge in [-0.2, -0.15) is 0 Å². The highest BCUT2D eigenvalue weighted by molar-refractivity contribution is 5.83. The van der Waals surface area contributed by atoms with Crippen LogP contribution in [0.3, 0.4) is 0 Å². The lowest BCUT2D eigenvalue weighted by Gasteiger charge is -2.13. The second-order valence-corrected chi connectivity index (χ2v) is 11.9. The van der Waals surface area contributed by atoms with Crippen LogP contribution < -0.4 is 14.9 Å². The minimum atomic E-state index is -0.502. The van der Waals surface area contributed by atoms with Crippen molar-refractivity contribution in [1.82, 2.24) is 0 Å². The van der Waals surface area contributed by atoms with Gasteiger partial charge in [0.2, 0.25) is 11.2 Å². The molecule has 1 aromatic heterocycles. The Hall–Kier alpha value is -4.99. The van der Waals surface area contributed by atoms with E-state index >= 15 is 0 Å². The number of ether oxygens (including phenoxy) is 3.